The molecule has 0 aromatic carbocycles. The molecule has 0 unspecified atom stereocenters. The van der Waals surface area contributed by atoms with E-state index in [1.165, 1.54) is 25.7 Å². The summed E-state index contributed by atoms with van der Waals surface area (Å²) in [6.07, 6.45) is 8.50. The van der Waals surface area contributed by atoms with Crippen LogP contribution in [-0.4, -0.2) is 26.4 Å². The molecule has 0 N–H and O–H groups in total. The second kappa shape index (κ2) is 7.01. The Morgan fingerprint density at radius 3 is 1.95 bits per heavy atom. The maximum Gasteiger partial charge on any atom is 0.461 e. The summed E-state index contributed by atoms with van der Waals surface area (Å²) in [4.78, 5) is 0. The lowest BCUT2D eigenvalue weighted by Gasteiger charge is -2.32. The Morgan fingerprint density at radius 2 is 1.52 bits per heavy atom. The number of hydrogen-bond donors (Lipinski definition) is 0. The van der Waals surface area contributed by atoms with Gasteiger partial charge in [-0.25, -0.2) is 0 Å². The lowest BCUT2D eigenvalue weighted by atomic mass is 9.84. The summed E-state index contributed by atoms with van der Waals surface area (Å²) < 4.78 is 12.2. The van der Waals surface area contributed by atoms with Crippen LogP contribution in [0.2, 0.25) is 26.0 Å². The van der Waals surface area contributed by atoms with Crippen molar-refractivity contribution in [2.45, 2.75) is 97.5 Å². The predicted octanol–water partition coefficient (Wildman–Crippen LogP) is 5.46. The average Bonchev–Trinajstić information content (AvgIpc) is 2.50. The Kier molecular flexibility index (Phi) is 6.34. The third-order valence-corrected chi connectivity index (χ3v) is 7.25. The highest BCUT2D eigenvalue weighted by atomic mass is 28.3. The van der Waals surface area contributed by atoms with Crippen molar-refractivity contribution in [3.63, 3.8) is 0 Å². The first-order valence-corrected chi connectivity index (χ1v) is 12.0. The first kappa shape index (κ1) is 19.0. The zero-order chi connectivity index (χ0) is 16.3. The van der Waals surface area contributed by atoms with Gasteiger partial charge in [-0.05, 0) is 40.5 Å². The molecule has 1 fully saturated rings. The van der Waals surface area contributed by atoms with E-state index in [0.717, 1.165) is 6.32 Å². The van der Waals surface area contributed by atoms with Gasteiger partial charge in [-0.2, -0.15) is 0 Å². The second-order valence-electron chi connectivity index (χ2n) is 8.36. The lowest BCUT2D eigenvalue weighted by molar-refractivity contribution is 0.00578. The van der Waals surface area contributed by atoms with Gasteiger partial charge in [0.05, 0.1) is 19.3 Å². The minimum absolute atomic E-state index is 0.0903. The highest BCUT2D eigenvalue weighted by molar-refractivity contribution is 6.83. The molecule has 1 rings (SSSR count). The molecule has 0 saturated carbocycles. The van der Waals surface area contributed by atoms with Crippen LogP contribution in [0.3, 0.4) is 0 Å². The summed E-state index contributed by atoms with van der Waals surface area (Å²) >= 11 is 0. The zero-order valence-electron chi connectivity index (χ0n) is 15.5. The van der Waals surface area contributed by atoms with E-state index in [9.17, 15) is 0 Å². The molecule has 0 spiro atoms. The molecule has 1 heterocycles. The SMILES string of the molecule is CCCCC/C(=C/CB1OC(C)(C)C(C)(C)O1)[Si](C)(C)C. The number of allylic oxidation sites excluding steroid dienone is 2. The number of rotatable bonds is 7. The molecule has 0 aliphatic carbocycles. The van der Waals surface area contributed by atoms with Gasteiger partial charge in [-0.1, -0.05) is 50.7 Å². The molecule has 1 aliphatic rings. The van der Waals surface area contributed by atoms with Gasteiger partial charge >= 0.3 is 7.12 Å². The van der Waals surface area contributed by atoms with E-state index in [-0.39, 0.29) is 18.3 Å². The highest BCUT2D eigenvalue weighted by Crippen LogP contribution is 2.38. The third-order valence-electron chi connectivity index (χ3n) is 4.87. The molecule has 0 bridgehead atoms. The standard InChI is InChI=1S/C17H35BO2Si/c1-9-10-11-12-15(21(6,7)8)13-14-18-19-16(2,3)17(4,5)20-18/h13H,9-12,14H2,1-8H3/b15-13-. The van der Waals surface area contributed by atoms with E-state index in [1.807, 2.05) is 0 Å². The molecule has 0 aromatic heterocycles. The molecule has 0 radical (unpaired) electrons. The largest absolute Gasteiger partial charge is 0.461 e. The van der Waals surface area contributed by atoms with Gasteiger partial charge in [0.1, 0.15) is 0 Å². The van der Waals surface area contributed by atoms with Gasteiger partial charge < -0.3 is 9.31 Å². The molecule has 0 aromatic rings. The molecular formula is C17H35BO2Si. The van der Waals surface area contributed by atoms with Crippen molar-refractivity contribution in [2.75, 3.05) is 0 Å². The molecule has 1 saturated heterocycles. The fourth-order valence-electron chi connectivity index (χ4n) is 2.65. The molecule has 21 heavy (non-hydrogen) atoms. The number of hydrogen-bond acceptors (Lipinski definition) is 2. The van der Waals surface area contributed by atoms with Crippen molar-refractivity contribution in [1.29, 1.82) is 0 Å². The maximum absolute atomic E-state index is 6.10. The van der Waals surface area contributed by atoms with Crippen molar-refractivity contribution < 1.29 is 9.31 Å². The van der Waals surface area contributed by atoms with Crippen molar-refractivity contribution >= 4 is 15.2 Å². The topological polar surface area (TPSA) is 18.5 Å². The summed E-state index contributed by atoms with van der Waals surface area (Å²) in [7, 11) is -1.32. The van der Waals surface area contributed by atoms with Crippen LogP contribution in [0.1, 0.15) is 60.3 Å². The van der Waals surface area contributed by atoms with E-state index < -0.39 is 8.07 Å². The van der Waals surface area contributed by atoms with Gasteiger partial charge in [0.2, 0.25) is 0 Å². The van der Waals surface area contributed by atoms with Crippen LogP contribution < -0.4 is 0 Å². The Morgan fingerprint density at radius 1 is 1.00 bits per heavy atom. The Balaban J connectivity index is 2.67. The fraction of sp³-hybridized carbons (Fsp3) is 0.882. The Labute approximate surface area is 133 Å². The van der Waals surface area contributed by atoms with Gasteiger partial charge in [-0.3, -0.25) is 0 Å². The lowest BCUT2D eigenvalue weighted by Crippen LogP contribution is -2.41. The quantitative estimate of drug-likeness (QED) is 0.459. The van der Waals surface area contributed by atoms with Gasteiger partial charge in [-0.15, -0.1) is 0 Å². The van der Waals surface area contributed by atoms with E-state index >= 15 is 0 Å². The average molecular weight is 310 g/mol. The maximum atomic E-state index is 6.10. The molecule has 2 nitrogen and oxygen atoms in total. The Hall–Kier alpha value is -0.0582. The van der Waals surface area contributed by atoms with E-state index in [1.54, 1.807) is 5.20 Å². The summed E-state index contributed by atoms with van der Waals surface area (Å²) in [6.45, 7) is 18.1. The first-order chi connectivity index (χ1) is 9.49. The van der Waals surface area contributed by atoms with Crippen LogP contribution in [0.15, 0.2) is 11.3 Å². The molecular weight excluding hydrogens is 275 g/mol. The summed E-state index contributed by atoms with van der Waals surface area (Å²) in [5, 5.41) is 1.67. The van der Waals surface area contributed by atoms with Crippen LogP contribution >= 0.6 is 0 Å². The molecule has 1 aliphatic heterocycles. The van der Waals surface area contributed by atoms with Crippen molar-refractivity contribution in [3.05, 3.63) is 11.3 Å². The van der Waals surface area contributed by atoms with E-state index in [0.29, 0.717) is 0 Å². The second-order valence-corrected chi connectivity index (χ2v) is 13.5. The summed E-state index contributed by atoms with van der Waals surface area (Å²) in [6, 6.07) is 0. The van der Waals surface area contributed by atoms with Crippen molar-refractivity contribution in [2.24, 2.45) is 0 Å². The fourth-order valence-corrected chi connectivity index (χ4v) is 4.31. The van der Waals surface area contributed by atoms with E-state index in [2.05, 4.69) is 60.3 Å². The molecule has 122 valence electrons. The minimum atomic E-state index is -1.23. The first-order valence-electron chi connectivity index (χ1n) is 8.55. The normalized spacial score (nSPS) is 21.9. The van der Waals surface area contributed by atoms with Gasteiger partial charge in [0, 0.05) is 6.32 Å². The van der Waals surface area contributed by atoms with E-state index in [4.69, 9.17) is 9.31 Å². The van der Waals surface area contributed by atoms with Gasteiger partial charge in [0.25, 0.3) is 0 Å². The molecule has 4 heteroatoms. The molecule has 0 amide bonds. The van der Waals surface area contributed by atoms with Crippen LogP contribution in [0.5, 0.6) is 0 Å². The van der Waals surface area contributed by atoms with Crippen LogP contribution in [-0.2, 0) is 9.31 Å². The summed E-state index contributed by atoms with van der Waals surface area (Å²) in [5.74, 6) is 0. The molecule has 0 atom stereocenters. The highest BCUT2D eigenvalue weighted by Gasteiger charge is 2.50. The predicted molar refractivity (Wildman–Crippen MR) is 96.5 cm³/mol. The Bertz CT molecular complexity index is 353. The van der Waals surface area contributed by atoms with Crippen LogP contribution in [0.4, 0.5) is 0 Å². The smallest absolute Gasteiger partial charge is 0.403 e. The monoisotopic (exact) mass is 310 g/mol. The van der Waals surface area contributed by atoms with Crippen LogP contribution in [0.25, 0.3) is 0 Å². The van der Waals surface area contributed by atoms with Crippen molar-refractivity contribution in [3.8, 4) is 0 Å². The van der Waals surface area contributed by atoms with Crippen molar-refractivity contribution in [1.82, 2.24) is 0 Å². The third kappa shape index (κ3) is 5.26. The van der Waals surface area contributed by atoms with Crippen LogP contribution in [0, 0.1) is 0 Å². The zero-order valence-corrected chi connectivity index (χ0v) is 16.5. The number of unbranched alkanes of at least 4 members (excludes halogenated alkanes) is 2. The minimum Gasteiger partial charge on any atom is -0.403 e. The van der Waals surface area contributed by atoms with Gasteiger partial charge in [0.15, 0.2) is 0 Å². The summed E-state index contributed by atoms with van der Waals surface area (Å²) in [5.41, 5.74) is -0.430.